The van der Waals surface area contributed by atoms with E-state index in [0.717, 1.165) is 115 Å². The van der Waals surface area contributed by atoms with Crippen LogP contribution >= 0.6 is 0 Å². The first-order valence-electron chi connectivity index (χ1n) is 25.8. The molecule has 0 aromatic heterocycles. The SMILES string of the molecule is O=C(O)C=CC1CCCCCCCCCCC1(O)O.OC1(O)CCCCCCCCCCC1.OC1(O)CCCCCCCCCCC1.OC1(O)CCCCCCCCCCC1. The topological polar surface area (TPSA) is 199 Å². The molecule has 4 aliphatic rings. The minimum absolute atomic E-state index is 0.321. The molecular weight excluding hydrogens is 773 g/mol. The molecule has 0 aromatic carbocycles. The Morgan fingerprint density at radius 3 is 0.738 bits per heavy atom. The second kappa shape index (κ2) is 36.1. The Morgan fingerprint density at radius 1 is 0.311 bits per heavy atom. The van der Waals surface area contributed by atoms with Crippen molar-refractivity contribution in [3.8, 4) is 0 Å². The fourth-order valence-electron chi connectivity index (χ4n) is 9.21. The van der Waals surface area contributed by atoms with Gasteiger partial charge in [0.1, 0.15) is 0 Å². The van der Waals surface area contributed by atoms with Gasteiger partial charge in [-0.15, -0.1) is 0 Å². The van der Waals surface area contributed by atoms with Crippen molar-refractivity contribution in [3.63, 3.8) is 0 Å². The van der Waals surface area contributed by atoms with Crippen LogP contribution in [0, 0.1) is 5.92 Å². The van der Waals surface area contributed by atoms with Gasteiger partial charge in [-0.25, -0.2) is 4.79 Å². The van der Waals surface area contributed by atoms with Gasteiger partial charge in [-0.2, -0.15) is 0 Å². The van der Waals surface area contributed by atoms with E-state index in [9.17, 15) is 45.6 Å². The van der Waals surface area contributed by atoms with Crippen molar-refractivity contribution in [3.05, 3.63) is 12.2 Å². The molecule has 4 fully saturated rings. The number of carboxylic acid groups (broad SMARTS) is 1. The second-order valence-electron chi connectivity index (χ2n) is 19.5. The predicted molar refractivity (Wildman–Crippen MR) is 247 cm³/mol. The number of rotatable bonds is 2. The van der Waals surface area contributed by atoms with Crippen molar-refractivity contribution in [2.75, 3.05) is 0 Å². The van der Waals surface area contributed by atoms with E-state index in [1.54, 1.807) is 0 Å². The molecule has 0 heterocycles. The highest BCUT2D eigenvalue weighted by Crippen LogP contribution is 2.30. The van der Waals surface area contributed by atoms with Crippen LogP contribution in [-0.2, 0) is 4.79 Å². The fourth-order valence-corrected chi connectivity index (χ4v) is 9.21. The van der Waals surface area contributed by atoms with Gasteiger partial charge in [0.05, 0.1) is 0 Å². The van der Waals surface area contributed by atoms with Gasteiger partial charge in [0.15, 0.2) is 23.1 Å². The van der Waals surface area contributed by atoms with Crippen LogP contribution in [0.3, 0.4) is 0 Å². The standard InChI is InChI=1S/C15H26O4.3C12H24O2/c16-14(17)11-10-13-9-7-5-3-1-2-4-6-8-12-15(13,18)19;3*13-12(14)10-8-6-4-2-1-3-5-7-9-11-12/h10-11,13,18-19H,1-9,12H2,(H,16,17);3*13-14H,1-11H2. The summed E-state index contributed by atoms with van der Waals surface area (Å²) in [6.45, 7) is 0. The summed E-state index contributed by atoms with van der Waals surface area (Å²) in [4.78, 5) is 10.6. The van der Waals surface area contributed by atoms with E-state index < -0.39 is 35.0 Å². The quantitative estimate of drug-likeness (QED) is 0.0950. The highest BCUT2D eigenvalue weighted by Gasteiger charge is 2.32. The summed E-state index contributed by atoms with van der Waals surface area (Å²) in [6.07, 6.45) is 47.7. The van der Waals surface area contributed by atoms with Crippen LogP contribution in [0.1, 0.15) is 276 Å². The summed E-state index contributed by atoms with van der Waals surface area (Å²) in [6, 6.07) is 0. The van der Waals surface area contributed by atoms with Crippen molar-refractivity contribution >= 4 is 5.97 Å². The molecule has 362 valence electrons. The molecule has 0 bridgehead atoms. The first kappa shape index (κ1) is 57.9. The lowest BCUT2D eigenvalue weighted by molar-refractivity contribution is -0.195. The minimum atomic E-state index is -1.77. The third-order valence-corrected chi connectivity index (χ3v) is 13.3. The van der Waals surface area contributed by atoms with Gasteiger partial charge >= 0.3 is 5.97 Å². The maximum atomic E-state index is 10.6. The molecular formula is C51H98O10. The Kier molecular flexibility index (Phi) is 34.3. The highest BCUT2D eigenvalue weighted by atomic mass is 16.5. The molecule has 0 spiro atoms. The van der Waals surface area contributed by atoms with Crippen LogP contribution in [-0.4, -0.2) is 75.1 Å². The van der Waals surface area contributed by atoms with Crippen molar-refractivity contribution in [2.24, 2.45) is 5.92 Å². The summed E-state index contributed by atoms with van der Waals surface area (Å²) < 4.78 is 0. The molecule has 9 N–H and O–H groups in total. The highest BCUT2D eigenvalue weighted by molar-refractivity contribution is 5.79. The van der Waals surface area contributed by atoms with E-state index in [4.69, 9.17) is 5.11 Å². The Balaban J connectivity index is 0.000000411. The zero-order chi connectivity index (χ0) is 45.0. The normalized spacial score (nSPS) is 26.3. The molecule has 4 aliphatic carbocycles. The van der Waals surface area contributed by atoms with Crippen LogP contribution in [0.25, 0.3) is 0 Å². The zero-order valence-electron chi connectivity index (χ0n) is 39.1. The number of carboxylic acids is 1. The van der Waals surface area contributed by atoms with E-state index in [-0.39, 0.29) is 0 Å². The first-order chi connectivity index (χ1) is 29.1. The lowest BCUT2D eigenvalue weighted by Crippen LogP contribution is -2.37. The lowest BCUT2D eigenvalue weighted by Gasteiger charge is -2.30. The maximum absolute atomic E-state index is 10.6. The molecule has 10 nitrogen and oxygen atoms in total. The zero-order valence-corrected chi connectivity index (χ0v) is 39.1. The van der Waals surface area contributed by atoms with E-state index in [1.807, 2.05) is 0 Å². The number of carbonyl (C=O) groups is 1. The predicted octanol–water partition coefficient (Wildman–Crippen LogP) is 11.8. The molecule has 1 unspecified atom stereocenters. The summed E-state index contributed by atoms with van der Waals surface area (Å²) in [5.74, 6) is -7.42. The van der Waals surface area contributed by atoms with E-state index >= 15 is 0 Å². The number of aliphatic carboxylic acids is 1. The molecule has 0 amide bonds. The molecule has 4 saturated carbocycles. The number of aliphatic hydroxyl groups is 8. The molecule has 0 saturated heterocycles. The van der Waals surface area contributed by atoms with Crippen molar-refractivity contribution in [2.45, 2.75) is 299 Å². The molecule has 4 rings (SSSR count). The van der Waals surface area contributed by atoms with Gasteiger partial charge in [0.25, 0.3) is 0 Å². The monoisotopic (exact) mass is 871 g/mol. The van der Waals surface area contributed by atoms with Crippen molar-refractivity contribution in [1.29, 1.82) is 0 Å². The largest absolute Gasteiger partial charge is 0.478 e. The third kappa shape index (κ3) is 36.9. The van der Waals surface area contributed by atoms with Crippen LogP contribution in [0.2, 0.25) is 0 Å². The van der Waals surface area contributed by atoms with Gasteiger partial charge in [0, 0.05) is 56.9 Å². The van der Waals surface area contributed by atoms with Crippen LogP contribution in [0.4, 0.5) is 0 Å². The van der Waals surface area contributed by atoms with Crippen LogP contribution in [0.15, 0.2) is 12.2 Å². The van der Waals surface area contributed by atoms with Gasteiger partial charge in [-0.3, -0.25) is 0 Å². The van der Waals surface area contributed by atoms with Gasteiger partial charge in [-0.05, 0) is 51.4 Å². The van der Waals surface area contributed by atoms with E-state index in [0.29, 0.717) is 51.4 Å². The third-order valence-electron chi connectivity index (χ3n) is 13.3. The Hall–Kier alpha value is -1.11. The summed E-state index contributed by atoms with van der Waals surface area (Å²) in [5.41, 5.74) is 0. The summed E-state index contributed by atoms with van der Waals surface area (Å²) in [5, 5.41) is 86.6. The Morgan fingerprint density at radius 2 is 0.508 bits per heavy atom. The van der Waals surface area contributed by atoms with Gasteiger partial charge in [-0.1, -0.05) is 186 Å². The number of hydrogen-bond donors (Lipinski definition) is 9. The fraction of sp³-hybridized carbons (Fsp3) is 0.941. The van der Waals surface area contributed by atoms with Gasteiger partial charge in [0.2, 0.25) is 0 Å². The average molecular weight is 871 g/mol. The average Bonchev–Trinajstić information content (AvgIpc) is 3.18. The molecule has 10 heteroatoms. The molecule has 0 aromatic rings. The van der Waals surface area contributed by atoms with Crippen LogP contribution < -0.4 is 0 Å². The molecule has 0 aliphatic heterocycles. The van der Waals surface area contributed by atoms with E-state index in [1.165, 1.54) is 122 Å². The second-order valence-corrected chi connectivity index (χ2v) is 19.5. The molecule has 0 radical (unpaired) electrons. The van der Waals surface area contributed by atoms with Gasteiger partial charge < -0.3 is 46.0 Å². The maximum Gasteiger partial charge on any atom is 0.327 e. The minimum Gasteiger partial charge on any atom is -0.478 e. The lowest BCUT2D eigenvalue weighted by atomic mass is 9.87. The smallest absolute Gasteiger partial charge is 0.327 e. The Labute approximate surface area is 373 Å². The Bertz CT molecular complexity index is 919. The number of hydrogen-bond acceptors (Lipinski definition) is 9. The summed E-state index contributed by atoms with van der Waals surface area (Å²) >= 11 is 0. The molecule has 61 heavy (non-hydrogen) atoms. The van der Waals surface area contributed by atoms with E-state index in [2.05, 4.69) is 0 Å². The van der Waals surface area contributed by atoms with Crippen molar-refractivity contribution < 1.29 is 50.8 Å². The van der Waals surface area contributed by atoms with Crippen LogP contribution in [0.5, 0.6) is 0 Å². The molecule has 1 atom stereocenters. The van der Waals surface area contributed by atoms with Crippen molar-refractivity contribution in [1.82, 2.24) is 0 Å². The summed E-state index contributed by atoms with van der Waals surface area (Å²) in [7, 11) is 0. The first-order valence-corrected chi connectivity index (χ1v) is 25.8.